The van der Waals surface area contributed by atoms with E-state index in [1.807, 2.05) is 6.07 Å². The molecular formula is C19H34FIN4. The van der Waals surface area contributed by atoms with Crippen LogP contribution in [0.3, 0.4) is 0 Å². The highest BCUT2D eigenvalue weighted by atomic mass is 127. The predicted octanol–water partition coefficient (Wildman–Crippen LogP) is 3.66. The summed E-state index contributed by atoms with van der Waals surface area (Å²) in [6.45, 7) is 12.3. The molecule has 0 saturated carbocycles. The molecule has 4 nitrogen and oxygen atoms in total. The lowest BCUT2D eigenvalue weighted by Crippen LogP contribution is -2.38. The summed E-state index contributed by atoms with van der Waals surface area (Å²) in [6, 6.07) is 6.75. The molecule has 0 spiro atoms. The minimum absolute atomic E-state index is 0. The monoisotopic (exact) mass is 464 g/mol. The van der Waals surface area contributed by atoms with Crippen molar-refractivity contribution in [2.24, 2.45) is 4.99 Å². The summed E-state index contributed by atoms with van der Waals surface area (Å²) in [4.78, 5) is 7.05. The maximum Gasteiger partial charge on any atom is 0.191 e. The van der Waals surface area contributed by atoms with Crippen molar-refractivity contribution in [2.75, 3.05) is 39.3 Å². The van der Waals surface area contributed by atoms with Gasteiger partial charge in [-0.15, -0.1) is 24.0 Å². The highest BCUT2D eigenvalue weighted by Gasteiger charge is 2.00. The van der Waals surface area contributed by atoms with E-state index in [0.29, 0.717) is 0 Å². The molecule has 1 aromatic carbocycles. The van der Waals surface area contributed by atoms with Crippen LogP contribution in [0.1, 0.15) is 39.2 Å². The summed E-state index contributed by atoms with van der Waals surface area (Å²) >= 11 is 0. The molecule has 25 heavy (non-hydrogen) atoms. The fraction of sp³-hybridized carbons (Fsp3) is 0.632. The summed E-state index contributed by atoms with van der Waals surface area (Å²) in [5.74, 6) is 0.665. The van der Waals surface area contributed by atoms with Gasteiger partial charge in [0.15, 0.2) is 5.96 Å². The minimum Gasteiger partial charge on any atom is -0.357 e. The van der Waals surface area contributed by atoms with Gasteiger partial charge in [-0.25, -0.2) is 4.39 Å². The highest BCUT2D eigenvalue weighted by molar-refractivity contribution is 14.0. The summed E-state index contributed by atoms with van der Waals surface area (Å²) in [7, 11) is 0. The summed E-state index contributed by atoms with van der Waals surface area (Å²) in [5, 5.41) is 6.57. The summed E-state index contributed by atoms with van der Waals surface area (Å²) in [6.07, 6.45) is 3.05. The third-order valence-electron chi connectivity index (χ3n) is 3.99. The van der Waals surface area contributed by atoms with E-state index in [-0.39, 0.29) is 29.8 Å². The summed E-state index contributed by atoms with van der Waals surface area (Å²) < 4.78 is 13.2. The Bertz CT molecular complexity index is 478. The van der Waals surface area contributed by atoms with E-state index >= 15 is 0 Å². The molecule has 2 N–H and O–H groups in total. The number of halogens is 2. The van der Waals surface area contributed by atoms with E-state index in [1.54, 1.807) is 12.1 Å². The van der Waals surface area contributed by atoms with E-state index in [0.717, 1.165) is 63.6 Å². The van der Waals surface area contributed by atoms with Gasteiger partial charge in [-0.1, -0.05) is 26.0 Å². The number of unbranched alkanes of at least 4 members (excludes halogenated alkanes) is 1. The van der Waals surface area contributed by atoms with Gasteiger partial charge in [0.2, 0.25) is 0 Å². The smallest absolute Gasteiger partial charge is 0.191 e. The van der Waals surface area contributed by atoms with Crippen LogP contribution in [-0.4, -0.2) is 50.1 Å². The number of benzene rings is 1. The standard InChI is InChI=1S/C19H33FN4.HI/c1-4-21-19(22-13-7-8-15-24(5-2)6-3)23-14-12-17-10-9-11-18(20)16-17;/h9-11,16H,4-8,12-15H2,1-3H3,(H2,21,22,23);1H. The normalized spacial score (nSPS) is 11.3. The minimum atomic E-state index is -0.179. The maximum absolute atomic E-state index is 13.2. The Morgan fingerprint density at radius 2 is 1.88 bits per heavy atom. The van der Waals surface area contributed by atoms with Gasteiger partial charge >= 0.3 is 0 Å². The Balaban J connectivity index is 0.00000576. The van der Waals surface area contributed by atoms with E-state index in [1.165, 1.54) is 12.5 Å². The Hall–Kier alpha value is -0.890. The van der Waals surface area contributed by atoms with Gasteiger partial charge in [-0.2, -0.15) is 0 Å². The van der Waals surface area contributed by atoms with Gasteiger partial charge in [0.1, 0.15) is 5.82 Å². The Morgan fingerprint density at radius 1 is 1.12 bits per heavy atom. The topological polar surface area (TPSA) is 39.7 Å². The number of guanidine groups is 1. The molecule has 0 atom stereocenters. The van der Waals surface area contributed by atoms with Crippen molar-refractivity contribution in [1.82, 2.24) is 15.5 Å². The van der Waals surface area contributed by atoms with Crippen molar-refractivity contribution < 1.29 is 4.39 Å². The van der Waals surface area contributed by atoms with Crippen molar-refractivity contribution in [3.63, 3.8) is 0 Å². The molecule has 0 radical (unpaired) electrons. The molecule has 0 amide bonds. The number of rotatable bonds is 11. The summed E-state index contributed by atoms with van der Waals surface area (Å²) in [5.41, 5.74) is 0.998. The zero-order valence-electron chi connectivity index (χ0n) is 15.9. The van der Waals surface area contributed by atoms with Gasteiger partial charge in [0.25, 0.3) is 0 Å². The molecule has 0 aliphatic carbocycles. The lowest BCUT2D eigenvalue weighted by molar-refractivity contribution is 0.297. The second-order valence-corrected chi connectivity index (χ2v) is 5.80. The predicted molar refractivity (Wildman–Crippen MR) is 117 cm³/mol. The number of nitrogens with zero attached hydrogens (tertiary/aromatic N) is 2. The fourth-order valence-corrected chi connectivity index (χ4v) is 2.54. The molecule has 0 fully saturated rings. The Morgan fingerprint density at radius 3 is 2.52 bits per heavy atom. The number of hydrogen-bond acceptors (Lipinski definition) is 2. The lowest BCUT2D eigenvalue weighted by atomic mass is 10.1. The molecule has 144 valence electrons. The number of nitrogens with one attached hydrogen (secondary N) is 2. The second-order valence-electron chi connectivity index (χ2n) is 5.80. The van der Waals surface area contributed by atoms with Crippen molar-refractivity contribution in [3.8, 4) is 0 Å². The zero-order valence-corrected chi connectivity index (χ0v) is 18.2. The maximum atomic E-state index is 13.2. The molecule has 1 aromatic rings. The van der Waals surface area contributed by atoms with E-state index in [2.05, 4.69) is 41.3 Å². The van der Waals surface area contributed by atoms with Crippen LogP contribution in [0.5, 0.6) is 0 Å². The van der Waals surface area contributed by atoms with Crippen LogP contribution in [0.25, 0.3) is 0 Å². The molecule has 0 aliphatic heterocycles. The third kappa shape index (κ3) is 11.4. The average Bonchev–Trinajstić information content (AvgIpc) is 2.58. The highest BCUT2D eigenvalue weighted by Crippen LogP contribution is 2.03. The number of hydrogen-bond donors (Lipinski definition) is 2. The molecule has 6 heteroatoms. The first kappa shape index (κ1) is 24.1. The average molecular weight is 464 g/mol. The van der Waals surface area contributed by atoms with Crippen LogP contribution in [-0.2, 0) is 6.42 Å². The van der Waals surface area contributed by atoms with Gasteiger partial charge in [0.05, 0.1) is 0 Å². The SMILES string of the molecule is CCNC(=NCCCCN(CC)CC)NCCc1cccc(F)c1.I. The van der Waals surface area contributed by atoms with Gasteiger partial charge in [-0.3, -0.25) is 4.99 Å². The third-order valence-corrected chi connectivity index (χ3v) is 3.99. The van der Waals surface area contributed by atoms with Gasteiger partial charge in [-0.05, 0) is 63.5 Å². The second kappa shape index (κ2) is 15.4. The van der Waals surface area contributed by atoms with Crippen LogP contribution < -0.4 is 10.6 Å². The van der Waals surface area contributed by atoms with Crippen LogP contribution >= 0.6 is 24.0 Å². The first-order valence-electron chi connectivity index (χ1n) is 9.18. The number of aliphatic imine (C=N–C) groups is 1. The first-order chi connectivity index (χ1) is 11.7. The molecule has 0 saturated heterocycles. The van der Waals surface area contributed by atoms with Crippen LogP contribution in [0.4, 0.5) is 4.39 Å². The van der Waals surface area contributed by atoms with Crippen LogP contribution in [0.15, 0.2) is 29.3 Å². The molecule has 0 aliphatic rings. The first-order valence-corrected chi connectivity index (χ1v) is 9.18. The zero-order chi connectivity index (χ0) is 17.6. The van der Waals surface area contributed by atoms with Crippen molar-refractivity contribution in [3.05, 3.63) is 35.6 Å². The molecule has 0 heterocycles. The molecule has 0 unspecified atom stereocenters. The molecule has 0 bridgehead atoms. The fourth-order valence-electron chi connectivity index (χ4n) is 2.54. The van der Waals surface area contributed by atoms with Crippen molar-refractivity contribution in [1.29, 1.82) is 0 Å². The molecular weight excluding hydrogens is 430 g/mol. The van der Waals surface area contributed by atoms with Gasteiger partial charge < -0.3 is 15.5 Å². The van der Waals surface area contributed by atoms with E-state index < -0.39 is 0 Å². The molecule has 1 rings (SSSR count). The van der Waals surface area contributed by atoms with E-state index in [9.17, 15) is 4.39 Å². The van der Waals surface area contributed by atoms with Crippen molar-refractivity contribution >= 4 is 29.9 Å². The Kier molecular flexibility index (Phi) is 14.8. The van der Waals surface area contributed by atoms with E-state index in [4.69, 9.17) is 0 Å². The van der Waals surface area contributed by atoms with Crippen LogP contribution in [0, 0.1) is 5.82 Å². The quantitative estimate of drug-likeness (QED) is 0.227. The molecule has 0 aromatic heterocycles. The van der Waals surface area contributed by atoms with Gasteiger partial charge in [0, 0.05) is 19.6 Å². The van der Waals surface area contributed by atoms with Crippen LogP contribution in [0.2, 0.25) is 0 Å². The lowest BCUT2D eigenvalue weighted by Gasteiger charge is -2.17. The van der Waals surface area contributed by atoms with Crippen molar-refractivity contribution in [2.45, 2.75) is 40.0 Å². The largest absolute Gasteiger partial charge is 0.357 e. The Labute approximate surface area is 169 Å².